The smallest absolute Gasteiger partial charge is 0.0701 e. The lowest BCUT2D eigenvalue weighted by atomic mass is 10.3. The monoisotopic (exact) mass is 145 g/mol. The van der Waals surface area contributed by atoms with Crippen LogP contribution in [0.15, 0.2) is 0 Å². The van der Waals surface area contributed by atoms with E-state index in [1.165, 1.54) is 0 Å². The lowest BCUT2D eigenvalue weighted by Gasteiger charge is -2.08. The Labute approximate surface area is 61.2 Å². The molecule has 60 valence electrons. The van der Waals surface area contributed by atoms with Crippen LogP contribution in [0.5, 0.6) is 0 Å². The summed E-state index contributed by atoms with van der Waals surface area (Å²) in [4.78, 5) is 0. The number of rotatable bonds is 3. The fraction of sp³-hybridized carbons (Fsp3) is 1.00. The molecule has 0 heterocycles. The molecule has 3 heteroatoms. The molecule has 0 aromatic heterocycles. The third-order valence-electron chi connectivity index (χ3n) is 1.87. The zero-order chi connectivity index (χ0) is 7.40. The van der Waals surface area contributed by atoms with Gasteiger partial charge in [-0.15, -0.1) is 0 Å². The van der Waals surface area contributed by atoms with Gasteiger partial charge in [0.2, 0.25) is 0 Å². The Morgan fingerprint density at radius 3 is 2.80 bits per heavy atom. The van der Waals surface area contributed by atoms with Gasteiger partial charge < -0.3 is 15.6 Å². The van der Waals surface area contributed by atoms with Crippen LogP contribution in [-0.2, 0) is 4.74 Å². The van der Waals surface area contributed by atoms with E-state index in [4.69, 9.17) is 15.6 Å². The number of nitrogens with two attached hydrogens (primary N) is 1. The summed E-state index contributed by atoms with van der Waals surface area (Å²) in [6.45, 7) is 0.573. The third kappa shape index (κ3) is 2.25. The first kappa shape index (κ1) is 7.98. The first-order valence-corrected chi connectivity index (χ1v) is 3.81. The molecule has 0 aliphatic heterocycles. The van der Waals surface area contributed by atoms with Crippen molar-refractivity contribution in [2.45, 2.75) is 31.4 Å². The minimum absolute atomic E-state index is 0.117. The maximum absolute atomic E-state index is 8.44. The van der Waals surface area contributed by atoms with E-state index in [0.29, 0.717) is 18.8 Å². The lowest BCUT2D eigenvalue weighted by molar-refractivity contribution is 0.0324. The minimum atomic E-state index is 0.117. The highest BCUT2D eigenvalue weighted by molar-refractivity contribution is 4.77. The van der Waals surface area contributed by atoms with Gasteiger partial charge in [-0.05, 0) is 19.3 Å². The molecule has 1 aliphatic carbocycles. The summed E-state index contributed by atoms with van der Waals surface area (Å²) in [5, 5.41) is 8.44. The molecule has 0 aromatic rings. The fourth-order valence-electron chi connectivity index (χ4n) is 1.34. The molecule has 10 heavy (non-hydrogen) atoms. The van der Waals surface area contributed by atoms with Crippen LogP contribution in [0.1, 0.15) is 19.3 Å². The molecule has 3 nitrogen and oxygen atoms in total. The highest BCUT2D eigenvalue weighted by atomic mass is 16.5. The number of aliphatic hydroxyl groups is 1. The molecule has 1 fully saturated rings. The van der Waals surface area contributed by atoms with E-state index < -0.39 is 0 Å². The number of hydrogen-bond donors (Lipinski definition) is 2. The Kier molecular flexibility index (Phi) is 3.12. The Balaban J connectivity index is 2.06. The van der Waals surface area contributed by atoms with Gasteiger partial charge in [0.15, 0.2) is 0 Å². The second-order valence-corrected chi connectivity index (χ2v) is 2.79. The van der Waals surface area contributed by atoms with Crippen LogP contribution in [0.3, 0.4) is 0 Å². The molecule has 1 aliphatic rings. The van der Waals surface area contributed by atoms with E-state index in [-0.39, 0.29) is 6.61 Å². The first-order chi connectivity index (χ1) is 4.83. The van der Waals surface area contributed by atoms with Crippen molar-refractivity contribution in [1.29, 1.82) is 0 Å². The normalized spacial score (nSPS) is 33.0. The molecule has 0 amide bonds. The molecule has 0 bridgehead atoms. The molecule has 1 rings (SSSR count). The van der Waals surface area contributed by atoms with Gasteiger partial charge in [-0.3, -0.25) is 0 Å². The van der Waals surface area contributed by atoms with Crippen LogP contribution < -0.4 is 5.73 Å². The van der Waals surface area contributed by atoms with Gasteiger partial charge >= 0.3 is 0 Å². The van der Waals surface area contributed by atoms with E-state index >= 15 is 0 Å². The second-order valence-electron chi connectivity index (χ2n) is 2.79. The van der Waals surface area contributed by atoms with Crippen molar-refractivity contribution in [3.05, 3.63) is 0 Å². The van der Waals surface area contributed by atoms with Crippen molar-refractivity contribution in [3.8, 4) is 0 Å². The molecule has 2 atom stereocenters. The SMILES string of the molecule is N[C@H]1CCC(OCCO)C1. The Morgan fingerprint density at radius 2 is 2.30 bits per heavy atom. The van der Waals surface area contributed by atoms with E-state index in [2.05, 4.69) is 0 Å². The van der Waals surface area contributed by atoms with Gasteiger partial charge in [0.05, 0.1) is 19.3 Å². The summed E-state index contributed by atoms with van der Waals surface area (Å²) in [5.41, 5.74) is 5.65. The molecular formula is C7H15NO2. The molecule has 1 unspecified atom stereocenters. The highest BCUT2D eigenvalue weighted by Crippen LogP contribution is 2.19. The summed E-state index contributed by atoms with van der Waals surface area (Å²) in [6.07, 6.45) is 3.39. The largest absolute Gasteiger partial charge is 0.394 e. The lowest BCUT2D eigenvalue weighted by Crippen LogP contribution is -2.18. The fourth-order valence-corrected chi connectivity index (χ4v) is 1.34. The van der Waals surface area contributed by atoms with Gasteiger partial charge in [-0.2, -0.15) is 0 Å². The molecular weight excluding hydrogens is 130 g/mol. The van der Waals surface area contributed by atoms with Crippen molar-refractivity contribution < 1.29 is 9.84 Å². The van der Waals surface area contributed by atoms with Crippen LogP contribution in [0.4, 0.5) is 0 Å². The van der Waals surface area contributed by atoms with Crippen LogP contribution >= 0.6 is 0 Å². The predicted molar refractivity (Wildman–Crippen MR) is 38.7 cm³/mol. The summed E-state index contributed by atoms with van der Waals surface area (Å²) >= 11 is 0. The number of ether oxygens (including phenoxy) is 1. The second kappa shape index (κ2) is 3.91. The Bertz CT molecular complexity index is 97.6. The van der Waals surface area contributed by atoms with E-state index in [9.17, 15) is 0 Å². The maximum atomic E-state index is 8.44. The summed E-state index contributed by atoms with van der Waals surface area (Å²) in [5.74, 6) is 0. The van der Waals surface area contributed by atoms with Crippen molar-refractivity contribution in [1.82, 2.24) is 0 Å². The zero-order valence-electron chi connectivity index (χ0n) is 6.12. The summed E-state index contributed by atoms with van der Waals surface area (Å²) in [6, 6.07) is 0.323. The van der Waals surface area contributed by atoms with Gasteiger partial charge in [-0.25, -0.2) is 0 Å². The summed E-state index contributed by atoms with van der Waals surface area (Å²) < 4.78 is 5.29. The molecule has 0 saturated heterocycles. The zero-order valence-corrected chi connectivity index (χ0v) is 6.12. The Hall–Kier alpha value is -0.120. The molecule has 0 aromatic carbocycles. The minimum Gasteiger partial charge on any atom is -0.394 e. The quantitative estimate of drug-likeness (QED) is 0.582. The highest BCUT2D eigenvalue weighted by Gasteiger charge is 2.21. The third-order valence-corrected chi connectivity index (χ3v) is 1.87. The van der Waals surface area contributed by atoms with Crippen molar-refractivity contribution in [2.24, 2.45) is 5.73 Å². The number of hydrogen-bond acceptors (Lipinski definition) is 3. The molecule has 3 N–H and O–H groups in total. The van der Waals surface area contributed by atoms with Crippen LogP contribution in [0.25, 0.3) is 0 Å². The predicted octanol–water partition coefficient (Wildman–Crippen LogP) is -0.125. The molecule has 1 saturated carbocycles. The molecule has 0 radical (unpaired) electrons. The van der Waals surface area contributed by atoms with Crippen LogP contribution in [0.2, 0.25) is 0 Å². The van der Waals surface area contributed by atoms with Crippen molar-refractivity contribution >= 4 is 0 Å². The standard InChI is InChI=1S/C7H15NO2/c8-6-1-2-7(5-6)10-4-3-9/h6-7,9H,1-5,8H2/t6-,7?/m0/s1. The van der Waals surface area contributed by atoms with E-state index in [1.807, 2.05) is 0 Å². The maximum Gasteiger partial charge on any atom is 0.0701 e. The van der Waals surface area contributed by atoms with Crippen LogP contribution in [-0.4, -0.2) is 30.5 Å². The average Bonchev–Trinajstić information content (AvgIpc) is 2.31. The van der Waals surface area contributed by atoms with Gasteiger partial charge in [-0.1, -0.05) is 0 Å². The van der Waals surface area contributed by atoms with E-state index in [1.54, 1.807) is 0 Å². The number of aliphatic hydroxyl groups excluding tert-OH is 1. The van der Waals surface area contributed by atoms with Crippen LogP contribution in [0, 0.1) is 0 Å². The molecule has 0 spiro atoms. The summed E-state index contributed by atoms with van der Waals surface area (Å²) in [7, 11) is 0. The Morgan fingerprint density at radius 1 is 1.50 bits per heavy atom. The van der Waals surface area contributed by atoms with Gasteiger partial charge in [0.1, 0.15) is 0 Å². The first-order valence-electron chi connectivity index (χ1n) is 3.81. The average molecular weight is 145 g/mol. The van der Waals surface area contributed by atoms with Crippen molar-refractivity contribution in [3.63, 3.8) is 0 Å². The van der Waals surface area contributed by atoms with E-state index in [0.717, 1.165) is 19.3 Å². The topological polar surface area (TPSA) is 55.5 Å². The van der Waals surface area contributed by atoms with Gasteiger partial charge in [0, 0.05) is 6.04 Å². The van der Waals surface area contributed by atoms with Crippen molar-refractivity contribution in [2.75, 3.05) is 13.2 Å². The van der Waals surface area contributed by atoms with Gasteiger partial charge in [0.25, 0.3) is 0 Å².